The average Bonchev–Trinajstić information content (AvgIpc) is 0. The van der Waals surface area contributed by atoms with Crippen molar-refractivity contribution in [2.24, 2.45) is 0 Å². The second-order valence-corrected chi connectivity index (χ2v) is 0. The predicted octanol–water partition coefficient (Wildman–Crippen LogP) is -4.39. The van der Waals surface area contributed by atoms with E-state index in [9.17, 15) is 0 Å². The van der Waals surface area contributed by atoms with E-state index in [1.54, 1.807) is 0 Å². The van der Waals surface area contributed by atoms with Gasteiger partial charge >= 0.3 is 191 Å². The van der Waals surface area contributed by atoms with Crippen LogP contribution in [0.2, 0.25) is 0 Å². The Morgan fingerprint density at radius 2 is 0.800 bits per heavy atom. The Kier molecular flexibility index (Phi) is 615. The molecule has 0 saturated heterocycles. The predicted molar refractivity (Wildman–Crippen MR) is 57.7 cm³/mol. The van der Waals surface area contributed by atoms with E-state index < -0.39 is 0 Å². The molecule has 0 heterocycles. The van der Waals surface area contributed by atoms with Gasteiger partial charge in [0.15, 0.2) is 0 Å². The molecule has 0 atom stereocenters. The molecule has 0 aromatic rings. The molecule has 0 spiro atoms. The van der Waals surface area contributed by atoms with Crippen molar-refractivity contribution in [3.05, 3.63) is 0 Å². The Balaban J connectivity index is 0. The zero-order valence-corrected chi connectivity index (χ0v) is 22.6. The van der Waals surface area contributed by atoms with Gasteiger partial charge < -0.3 is 11.4 Å². The van der Waals surface area contributed by atoms with Crippen LogP contribution in [-0.2, 0) is 0 Å². The summed E-state index contributed by atoms with van der Waals surface area (Å²) < 4.78 is 0. The summed E-state index contributed by atoms with van der Waals surface area (Å²) in [7, 11) is 0. The van der Waals surface area contributed by atoms with Crippen molar-refractivity contribution in [3.8, 4) is 0 Å². The van der Waals surface area contributed by atoms with Gasteiger partial charge in [0, 0.05) is 0 Å². The molecule has 0 amide bonds. The third-order valence-corrected chi connectivity index (χ3v) is 0. The normalized spacial score (nSPS) is 0. The first kappa shape index (κ1) is 86.1. The number of rotatable bonds is 0. The molecule has 0 aliphatic rings. The summed E-state index contributed by atoms with van der Waals surface area (Å²) in [6.07, 6.45) is 0. The maximum Gasteiger partial charge on any atom is 2.00 e. The molecule has 0 radical (unpaired) electrons. The summed E-state index contributed by atoms with van der Waals surface area (Å²) in [6, 6.07) is 0. The maximum atomic E-state index is 0. The molecule has 0 aromatic carbocycles. The van der Waals surface area contributed by atoms with Gasteiger partial charge in [0.1, 0.15) is 0 Å². The van der Waals surface area contributed by atoms with Crippen LogP contribution in [0.25, 0.3) is 0 Å². The van der Waals surface area contributed by atoms with Gasteiger partial charge in [0.05, 0.1) is 0 Å². The van der Waals surface area contributed by atoms with Crippen LogP contribution in [0.1, 0.15) is 11.4 Å². The van der Waals surface area contributed by atoms with E-state index >= 15 is 0 Å². The topological polar surface area (TPSA) is 0 Å². The molecular weight excluding hydrogens is 425 g/mol. The van der Waals surface area contributed by atoms with Gasteiger partial charge in [-0.15, -0.1) is 49.6 Å². The van der Waals surface area contributed by atoms with Crippen molar-refractivity contribution < 1.29 is 97.1 Å². The Labute approximate surface area is 249 Å². The van der Waals surface area contributed by atoms with Crippen molar-refractivity contribution in [1.82, 2.24) is 0 Å². The quantitative estimate of drug-likeness (QED) is 0.336. The molecule has 0 unspecified atom stereocenters. The van der Waals surface area contributed by atoms with Gasteiger partial charge in [-0.05, 0) is 0 Å². The molecule has 0 bridgehead atoms. The smallest absolute Gasteiger partial charge is 1.00 e. The average molecular weight is 438 g/mol. The molecule has 0 aromatic heterocycles. The summed E-state index contributed by atoms with van der Waals surface area (Å²) in [5.41, 5.74) is 0. The maximum absolute atomic E-state index is 0. The van der Waals surface area contributed by atoms with E-state index in [1.165, 1.54) is 0 Å². The summed E-state index contributed by atoms with van der Waals surface area (Å²) in [6.45, 7) is 0. The second-order valence-electron chi connectivity index (χ2n) is 0. The van der Waals surface area contributed by atoms with E-state index in [-0.39, 0.29) is 256 Å². The van der Waals surface area contributed by atoms with Gasteiger partial charge in [-0.2, -0.15) is 0 Å². The molecule has 0 aliphatic carbocycles. The molecule has 56 valence electrons. The second kappa shape index (κ2) is 71.5. The van der Waals surface area contributed by atoms with Crippen molar-refractivity contribution >= 4 is 159 Å². The van der Waals surface area contributed by atoms with Gasteiger partial charge in [-0.3, -0.25) is 4.70 Å². The molecule has 0 rings (SSSR count). The van der Waals surface area contributed by atoms with Crippen molar-refractivity contribution in [2.75, 3.05) is 0 Å². The standard InChI is InChI=1S/Ba.Ca.4ClH.FH.K.Mg.Na.8H/h;;5*1H;;;;;;;;;;;/q2*+2;;;;;;+1;+2;+1;8*-1. The Hall–Kier alpha value is 7.32. The van der Waals surface area contributed by atoms with Gasteiger partial charge in [0.2, 0.25) is 0 Å². The fraction of sp³-hybridized carbons (Fsp3) is 0. The summed E-state index contributed by atoms with van der Waals surface area (Å²) in [4.78, 5) is 0. The van der Waals surface area contributed by atoms with Crippen molar-refractivity contribution in [1.29, 1.82) is 0 Å². The van der Waals surface area contributed by atoms with Gasteiger partial charge in [-0.25, -0.2) is 0 Å². The first-order valence-electron chi connectivity index (χ1n) is 0. The zero-order chi connectivity index (χ0) is 0. The zero-order valence-electron chi connectivity index (χ0n) is 14.2. The molecule has 10 heteroatoms. The summed E-state index contributed by atoms with van der Waals surface area (Å²) in [5.74, 6) is 0. The molecule has 10 heavy (non-hydrogen) atoms. The SMILES string of the molecule is Cl.Cl.Cl.Cl.F.[Ba+2].[Ca+2].[H-].[H-].[H-].[H-].[H-].[H-].[H-].[H-].[K+].[Mg+2].[Na+]. The van der Waals surface area contributed by atoms with Crippen LogP contribution in [0.15, 0.2) is 0 Å². The fourth-order valence-corrected chi connectivity index (χ4v) is 0. The largest absolute Gasteiger partial charge is 2.00 e. The molecule has 0 nitrogen and oxygen atoms in total. The minimum atomic E-state index is 0. The van der Waals surface area contributed by atoms with E-state index in [1.807, 2.05) is 0 Å². The van der Waals surface area contributed by atoms with E-state index in [0.717, 1.165) is 0 Å². The number of halogens is 5. The van der Waals surface area contributed by atoms with Crippen LogP contribution in [0, 0.1) is 0 Å². The van der Waals surface area contributed by atoms with Crippen LogP contribution in [0.4, 0.5) is 4.70 Å². The summed E-state index contributed by atoms with van der Waals surface area (Å²) >= 11 is 0. The van der Waals surface area contributed by atoms with E-state index in [4.69, 9.17) is 0 Å². The Morgan fingerprint density at radius 3 is 0.800 bits per heavy atom. The van der Waals surface area contributed by atoms with E-state index in [2.05, 4.69) is 0 Å². The van der Waals surface area contributed by atoms with Gasteiger partial charge in [-0.1, -0.05) is 0 Å². The molecule has 0 fully saturated rings. The number of hydrogen-bond donors (Lipinski definition) is 0. The number of hydrogen-bond acceptors (Lipinski definition) is 0. The monoisotopic (exact) mass is 436 g/mol. The van der Waals surface area contributed by atoms with Gasteiger partial charge in [0.25, 0.3) is 0 Å². The minimum absolute atomic E-state index is 0. The fourth-order valence-electron chi connectivity index (χ4n) is 0. The van der Waals surface area contributed by atoms with E-state index in [0.29, 0.717) is 0 Å². The van der Waals surface area contributed by atoms with Crippen LogP contribution >= 0.6 is 49.6 Å². The first-order chi connectivity index (χ1) is 0. The Bertz CT molecular complexity index is 43.1. The molecule has 0 aliphatic heterocycles. The summed E-state index contributed by atoms with van der Waals surface area (Å²) in [5, 5.41) is 0. The van der Waals surface area contributed by atoms with Crippen LogP contribution < -0.4 is 80.9 Å². The van der Waals surface area contributed by atoms with Crippen LogP contribution in [-0.4, -0.2) is 110 Å². The Morgan fingerprint density at radius 1 is 0.800 bits per heavy atom. The molecular formula is H13BaCaCl4FKMgNa. The molecule has 0 saturated carbocycles. The molecule has 0 N–H and O–H groups in total. The third kappa shape index (κ3) is 58.6. The van der Waals surface area contributed by atoms with Crippen LogP contribution in [0.3, 0.4) is 0 Å². The minimum Gasteiger partial charge on any atom is -1.00 e. The third-order valence-electron chi connectivity index (χ3n) is 0. The first-order valence-corrected chi connectivity index (χ1v) is 0. The van der Waals surface area contributed by atoms with Crippen molar-refractivity contribution in [3.63, 3.8) is 0 Å². The van der Waals surface area contributed by atoms with Crippen molar-refractivity contribution in [2.45, 2.75) is 0 Å². The van der Waals surface area contributed by atoms with Crippen LogP contribution in [0.5, 0.6) is 0 Å².